The van der Waals surface area contributed by atoms with Crippen molar-refractivity contribution in [3.8, 4) is 11.3 Å². The van der Waals surface area contributed by atoms with E-state index in [0.29, 0.717) is 27.5 Å². The maximum absolute atomic E-state index is 10.8. The van der Waals surface area contributed by atoms with Crippen LogP contribution in [0, 0.1) is 10.1 Å². The molecule has 150 valence electrons. The van der Waals surface area contributed by atoms with E-state index in [9.17, 15) is 10.1 Å². The fraction of sp³-hybridized carbons (Fsp3) is 0.0500. The number of benzene rings is 2. The lowest BCUT2D eigenvalue weighted by atomic mass is 10.1. The van der Waals surface area contributed by atoms with Gasteiger partial charge in [-0.05, 0) is 42.0 Å². The van der Waals surface area contributed by atoms with Gasteiger partial charge in [0.1, 0.15) is 17.8 Å². The Hall–Kier alpha value is -3.43. The molecule has 0 aliphatic rings. The molecular weight excluding hydrogens is 426 g/mol. The number of furan rings is 1. The molecule has 4 rings (SSSR count). The first kappa shape index (κ1) is 19.9. The average molecular weight is 440 g/mol. The molecule has 0 aliphatic carbocycles. The van der Waals surface area contributed by atoms with E-state index in [1.54, 1.807) is 35.2 Å². The van der Waals surface area contributed by atoms with Gasteiger partial charge in [-0.2, -0.15) is 9.78 Å². The number of hydrogen-bond acceptors (Lipinski definition) is 7. The van der Waals surface area contributed by atoms with E-state index in [1.165, 1.54) is 30.2 Å². The van der Waals surface area contributed by atoms with Gasteiger partial charge in [0.25, 0.3) is 5.69 Å². The monoisotopic (exact) mass is 439 g/mol. The van der Waals surface area contributed by atoms with E-state index in [1.807, 2.05) is 24.3 Å². The molecule has 0 saturated heterocycles. The Morgan fingerprint density at radius 2 is 1.90 bits per heavy atom. The molecule has 0 atom stereocenters. The van der Waals surface area contributed by atoms with Crippen molar-refractivity contribution < 1.29 is 9.34 Å². The van der Waals surface area contributed by atoms with Gasteiger partial charge in [-0.15, -0.1) is 10.2 Å². The number of thioether (sulfide) groups is 1. The maximum Gasteiger partial charge on any atom is 0.269 e. The molecule has 0 spiro atoms. The zero-order chi connectivity index (χ0) is 20.9. The molecule has 2 aromatic heterocycles. The SMILES string of the molecule is O=[N+]([O-])c1ccc(-c2ccc(/C=N/n3cnnc3SCc3ccc(Cl)cc3)o2)cc1. The summed E-state index contributed by atoms with van der Waals surface area (Å²) in [5.41, 5.74) is 1.88. The summed E-state index contributed by atoms with van der Waals surface area (Å²) in [5, 5.41) is 24.4. The predicted octanol–water partition coefficient (Wildman–Crippen LogP) is 5.27. The van der Waals surface area contributed by atoms with Crippen LogP contribution in [0.5, 0.6) is 0 Å². The number of halogens is 1. The van der Waals surface area contributed by atoms with Gasteiger partial charge in [0.05, 0.1) is 11.1 Å². The Morgan fingerprint density at radius 1 is 1.13 bits per heavy atom. The minimum absolute atomic E-state index is 0.0309. The second-order valence-electron chi connectivity index (χ2n) is 6.12. The van der Waals surface area contributed by atoms with Crippen molar-refractivity contribution in [3.05, 3.63) is 93.5 Å². The second-order valence-corrected chi connectivity index (χ2v) is 7.50. The Kier molecular flexibility index (Phi) is 5.92. The van der Waals surface area contributed by atoms with Crippen LogP contribution in [0.3, 0.4) is 0 Å². The van der Waals surface area contributed by atoms with Crippen molar-refractivity contribution in [2.45, 2.75) is 10.9 Å². The Morgan fingerprint density at radius 3 is 2.63 bits per heavy atom. The van der Waals surface area contributed by atoms with Gasteiger partial charge in [-0.3, -0.25) is 10.1 Å². The molecule has 0 saturated carbocycles. The van der Waals surface area contributed by atoms with Gasteiger partial charge in [0.15, 0.2) is 0 Å². The van der Waals surface area contributed by atoms with Crippen molar-refractivity contribution in [1.82, 2.24) is 14.9 Å². The van der Waals surface area contributed by atoms with E-state index in [-0.39, 0.29) is 5.69 Å². The number of aromatic nitrogens is 3. The number of rotatable bonds is 7. The highest BCUT2D eigenvalue weighted by Crippen LogP contribution is 2.25. The van der Waals surface area contributed by atoms with Crippen molar-refractivity contribution in [2.24, 2.45) is 5.10 Å². The third-order valence-corrected chi connectivity index (χ3v) is 5.34. The zero-order valence-electron chi connectivity index (χ0n) is 15.4. The summed E-state index contributed by atoms with van der Waals surface area (Å²) in [7, 11) is 0. The van der Waals surface area contributed by atoms with E-state index >= 15 is 0 Å². The number of nitrogens with zero attached hydrogens (tertiary/aromatic N) is 5. The first-order chi connectivity index (χ1) is 14.6. The van der Waals surface area contributed by atoms with Crippen molar-refractivity contribution in [2.75, 3.05) is 0 Å². The summed E-state index contributed by atoms with van der Waals surface area (Å²) in [6.45, 7) is 0. The third kappa shape index (κ3) is 4.76. The fourth-order valence-electron chi connectivity index (χ4n) is 2.57. The highest BCUT2D eigenvalue weighted by molar-refractivity contribution is 7.98. The van der Waals surface area contributed by atoms with E-state index < -0.39 is 4.92 Å². The summed E-state index contributed by atoms with van der Waals surface area (Å²) in [6, 6.07) is 17.3. The summed E-state index contributed by atoms with van der Waals surface area (Å²) in [4.78, 5) is 10.3. The molecule has 30 heavy (non-hydrogen) atoms. The molecule has 0 radical (unpaired) electrons. The smallest absolute Gasteiger partial charge is 0.269 e. The van der Waals surface area contributed by atoms with Crippen LogP contribution in [-0.2, 0) is 5.75 Å². The fourth-order valence-corrected chi connectivity index (χ4v) is 3.51. The molecule has 0 N–H and O–H groups in total. The van der Waals surface area contributed by atoms with Crippen LogP contribution in [-0.4, -0.2) is 26.0 Å². The predicted molar refractivity (Wildman–Crippen MR) is 115 cm³/mol. The van der Waals surface area contributed by atoms with Gasteiger partial charge in [-0.1, -0.05) is 35.5 Å². The van der Waals surface area contributed by atoms with Gasteiger partial charge >= 0.3 is 0 Å². The largest absolute Gasteiger partial charge is 0.455 e. The van der Waals surface area contributed by atoms with E-state index in [0.717, 1.165) is 11.1 Å². The van der Waals surface area contributed by atoms with Crippen molar-refractivity contribution >= 4 is 35.3 Å². The summed E-state index contributed by atoms with van der Waals surface area (Å²) in [5.74, 6) is 1.83. The van der Waals surface area contributed by atoms with Crippen LogP contribution >= 0.6 is 23.4 Å². The average Bonchev–Trinajstić information content (AvgIpc) is 3.41. The molecular formula is C20H14ClN5O3S. The molecule has 0 bridgehead atoms. The highest BCUT2D eigenvalue weighted by atomic mass is 35.5. The number of hydrogen-bond donors (Lipinski definition) is 0. The van der Waals surface area contributed by atoms with Crippen LogP contribution < -0.4 is 0 Å². The van der Waals surface area contributed by atoms with E-state index in [2.05, 4.69) is 15.3 Å². The molecule has 0 unspecified atom stereocenters. The Balaban J connectivity index is 1.43. The maximum atomic E-state index is 10.8. The lowest BCUT2D eigenvalue weighted by Crippen LogP contribution is -1.92. The van der Waals surface area contributed by atoms with Gasteiger partial charge < -0.3 is 4.42 Å². The van der Waals surface area contributed by atoms with Gasteiger partial charge in [0, 0.05) is 28.5 Å². The lowest BCUT2D eigenvalue weighted by Gasteiger charge is -2.01. The van der Waals surface area contributed by atoms with Crippen LogP contribution in [0.1, 0.15) is 11.3 Å². The molecule has 0 amide bonds. The normalized spacial score (nSPS) is 11.2. The summed E-state index contributed by atoms with van der Waals surface area (Å²) in [6.07, 6.45) is 3.07. The zero-order valence-corrected chi connectivity index (χ0v) is 17.0. The van der Waals surface area contributed by atoms with E-state index in [4.69, 9.17) is 16.0 Å². The lowest BCUT2D eigenvalue weighted by molar-refractivity contribution is -0.384. The van der Waals surface area contributed by atoms with Crippen LogP contribution in [0.4, 0.5) is 5.69 Å². The molecule has 2 heterocycles. The Labute approximate surface area is 180 Å². The molecule has 8 nitrogen and oxygen atoms in total. The Bertz CT molecular complexity index is 1190. The molecule has 0 fully saturated rings. The van der Waals surface area contributed by atoms with Crippen molar-refractivity contribution in [3.63, 3.8) is 0 Å². The van der Waals surface area contributed by atoms with Gasteiger partial charge in [-0.25, -0.2) is 0 Å². The summed E-state index contributed by atoms with van der Waals surface area (Å²) < 4.78 is 7.32. The van der Waals surface area contributed by atoms with Gasteiger partial charge in [0.2, 0.25) is 5.16 Å². The minimum atomic E-state index is -0.439. The quantitative estimate of drug-likeness (QED) is 0.168. The standard InChI is InChI=1S/C20H14ClN5O3S/c21-16-5-1-14(2-6-16)12-30-20-24-22-13-25(20)23-11-18-9-10-19(29-18)15-3-7-17(8-4-15)26(27)28/h1-11,13H,12H2/b23-11+. The number of non-ortho nitro benzene ring substituents is 1. The molecule has 4 aromatic rings. The topological polar surface area (TPSA) is 99.3 Å². The molecule has 0 aliphatic heterocycles. The summed E-state index contributed by atoms with van der Waals surface area (Å²) >= 11 is 7.41. The van der Waals surface area contributed by atoms with Crippen LogP contribution in [0.25, 0.3) is 11.3 Å². The van der Waals surface area contributed by atoms with Crippen LogP contribution in [0.15, 0.2) is 81.7 Å². The second kappa shape index (κ2) is 8.93. The number of nitro benzene ring substituents is 1. The van der Waals surface area contributed by atoms with Crippen LogP contribution in [0.2, 0.25) is 5.02 Å². The first-order valence-electron chi connectivity index (χ1n) is 8.75. The number of nitro groups is 1. The molecule has 2 aromatic carbocycles. The van der Waals surface area contributed by atoms with Crippen molar-refractivity contribution in [1.29, 1.82) is 0 Å². The minimum Gasteiger partial charge on any atom is -0.455 e. The third-order valence-electron chi connectivity index (χ3n) is 4.08. The highest BCUT2D eigenvalue weighted by Gasteiger charge is 2.09. The first-order valence-corrected chi connectivity index (χ1v) is 10.1. The molecule has 10 heteroatoms.